The van der Waals surface area contributed by atoms with E-state index in [0.717, 1.165) is 11.1 Å². The Labute approximate surface area is 246 Å². The number of hydrogen-bond acceptors (Lipinski definition) is 6. The zero-order valence-electron chi connectivity index (χ0n) is 24.4. The maximum absolute atomic E-state index is 13.6. The molecule has 0 spiro atoms. The van der Waals surface area contributed by atoms with Crippen LogP contribution in [-0.2, 0) is 15.0 Å². The fourth-order valence-electron chi connectivity index (χ4n) is 5.14. The number of aryl methyl sites for hydroxylation is 1. The highest BCUT2D eigenvalue weighted by Crippen LogP contribution is 2.43. The van der Waals surface area contributed by atoms with Crippen LogP contribution >= 0.6 is 0 Å². The second-order valence-corrected chi connectivity index (χ2v) is 11.3. The lowest BCUT2D eigenvalue weighted by molar-refractivity contribution is -0.132. The summed E-state index contributed by atoms with van der Waals surface area (Å²) in [5, 5.41) is 11.6. The summed E-state index contributed by atoms with van der Waals surface area (Å²) in [6.07, 6.45) is 3.22. The summed E-state index contributed by atoms with van der Waals surface area (Å²) in [6.45, 7) is 10.6. The van der Waals surface area contributed by atoms with Crippen molar-refractivity contribution in [2.24, 2.45) is 0 Å². The molecule has 1 unspecified atom stereocenters. The largest absolute Gasteiger partial charge is 0.507 e. The summed E-state index contributed by atoms with van der Waals surface area (Å²) in [7, 11) is 0. The second kappa shape index (κ2) is 11.5. The van der Waals surface area contributed by atoms with E-state index in [-0.39, 0.29) is 16.7 Å². The Morgan fingerprint density at radius 1 is 0.952 bits per heavy atom. The fraction of sp³-hybridized carbons (Fsp3) is 0.229. The van der Waals surface area contributed by atoms with Crippen LogP contribution in [0.1, 0.15) is 56.0 Å². The number of Topliss-reactive ketones (excluding diaryl/α,β-unsaturated/α-hetero) is 1. The summed E-state index contributed by atoms with van der Waals surface area (Å²) in [5.74, 6) is 0.232. The highest BCUT2D eigenvalue weighted by molar-refractivity contribution is 6.51. The van der Waals surface area contributed by atoms with Crippen molar-refractivity contribution in [3.8, 4) is 17.2 Å². The molecule has 1 saturated heterocycles. The van der Waals surface area contributed by atoms with E-state index in [1.54, 1.807) is 60.9 Å². The van der Waals surface area contributed by atoms with E-state index in [1.807, 2.05) is 44.2 Å². The molecule has 1 atom stereocenters. The minimum absolute atomic E-state index is 0.00268. The minimum atomic E-state index is -0.883. The van der Waals surface area contributed by atoms with Crippen LogP contribution in [0.5, 0.6) is 17.2 Å². The molecule has 0 aliphatic carbocycles. The molecule has 42 heavy (non-hydrogen) atoms. The molecule has 4 aromatic rings. The van der Waals surface area contributed by atoms with Crippen LogP contribution in [0.3, 0.4) is 0 Å². The van der Waals surface area contributed by atoms with E-state index in [0.29, 0.717) is 40.7 Å². The van der Waals surface area contributed by atoms with E-state index in [9.17, 15) is 14.7 Å². The second-order valence-electron chi connectivity index (χ2n) is 11.3. The van der Waals surface area contributed by atoms with Gasteiger partial charge in [0.2, 0.25) is 0 Å². The molecule has 1 aliphatic heterocycles. The molecule has 0 bridgehead atoms. The normalized spacial score (nSPS) is 16.5. The lowest BCUT2D eigenvalue weighted by atomic mass is 9.84. The van der Waals surface area contributed by atoms with E-state index in [4.69, 9.17) is 9.47 Å². The first-order valence-corrected chi connectivity index (χ1v) is 13.9. The van der Waals surface area contributed by atoms with E-state index >= 15 is 0 Å². The number of ketones is 1. The topological polar surface area (TPSA) is 89.0 Å². The monoisotopic (exact) mass is 562 g/mol. The first-order valence-electron chi connectivity index (χ1n) is 13.9. The number of nitrogens with zero attached hydrogens (tertiary/aromatic N) is 2. The van der Waals surface area contributed by atoms with Gasteiger partial charge in [-0.2, -0.15) is 0 Å². The number of aromatic nitrogens is 1. The van der Waals surface area contributed by atoms with Crippen LogP contribution in [0.25, 0.3) is 5.76 Å². The lowest BCUT2D eigenvalue weighted by Crippen LogP contribution is -2.29. The Kier molecular flexibility index (Phi) is 7.85. The molecule has 3 aromatic carbocycles. The predicted molar refractivity (Wildman–Crippen MR) is 163 cm³/mol. The smallest absolute Gasteiger partial charge is 0.300 e. The molecule has 7 heteroatoms. The molecular formula is C35H34N2O5. The Morgan fingerprint density at radius 3 is 2.36 bits per heavy atom. The van der Waals surface area contributed by atoms with Gasteiger partial charge in [0.15, 0.2) is 0 Å². The molecule has 1 aliphatic rings. The molecule has 5 rings (SSSR count). The van der Waals surface area contributed by atoms with Gasteiger partial charge in [0.1, 0.15) is 23.0 Å². The van der Waals surface area contributed by atoms with Crippen molar-refractivity contribution >= 4 is 23.1 Å². The van der Waals surface area contributed by atoms with E-state index in [1.165, 1.54) is 4.90 Å². The van der Waals surface area contributed by atoms with Gasteiger partial charge in [-0.3, -0.25) is 19.5 Å². The molecule has 0 radical (unpaired) electrons. The average molecular weight is 563 g/mol. The fourth-order valence-corrected chi connectivity index (χ4v) is 5.14. The molecule has 1 N–H and O–H groups in total. The number of benzene rings is 3. The van der Waals surface area contributed by atoms with Crippen molar-refractivity contribution in [3.05, 3.63) is 119 Å². The van der Waals surface area contributed by atoms with Crippen molar-refractivity contribution < 1.29 is 24.2 Å². The molecule has 7 nitrogen and oxygen atoms in total. The van der Waals surface area contributed by atoms with Crippen molar-refractivity contribution in [2.45, 2.75) is 46.1 Å². The van der Waals surface area contributed by atoms with Crippen LogP contribution in [0, 0.1) is 6.92 Å². The van der Waals surface area contributed by atoms with E-state index < -0.39 is 17.7 Å². The van der Waals surface area contributed by atoms with Gasteiger partial charge in [0, 0.05) is 29.2 Å². The minimum Gasteiger partial charge on any atom is -0.507 e. The predicted octanol–water partition coefficient (Wildman–Crippen LogP) is 7.50. The van der Waals surface area contributed by atoms with Gasteiger partial charge in [-0.05, 0) is 91.1 Å². The van der Waals surface area contributed by atoms with Gasteiger partial charge >= 0.3 is 0 Å². The number of rotatable bonds is 7. The Balaban J connectivity index is 1.59. The van der Waals surface area contributed by atoms with Gasteiger partial charge in [-0.1, -0.05) is 39.0 Å². The van der Waals surface area contributed by atoms with Crippen molar-refractivity contribution in [1.29, 1.82) is 0 Å². The third-order valence-corrected chi connectivity index (χ3v) is 7.15. The maximum Gasteiger partial charge on any atom is 0.300 e. The maximum atomic E-state index is 13.6. The van der Waals surface area contributed by atoms with Crippen molar-refractivity contribution in [1.82, 2.24) is 4.98 Å². The molecule has 2 heterocycles. The zero-order valence-corrected chi connectivity index (χ0v) is 24.4. The summed E-state index contributed by atoms with van der Waals surface area (Å²) in [6, 6.07) is 22.6. The van der Waals surface area contributed by atoms with Gasteiger partial charge in [0.25, 0.3) is 11.7 Å². The molecule has 1 aromatic heterocycles. The number of hydrogen-bond donors (Lipinski definition) is 1. The van der Waals surface area contributed by atoms with Gasteiger partial charge < -0.3 is 14.6 Å². The molecule has 1 amide bonds. The van der Waals surface area contributed by atoms with Crippen LogP contribution < -0.4 is 14.4 Å². The number of pyridine rings is 1. The Hall–Kier alpha value is -4.91. The number of aliphatic hydroxyl groups excluding tert-OH is 1. The summed E-state index contributed by atoms with van der Waals surface area (Å²) >= 11 is 0. The number of carbonyl (C=O) groups excluding carboxylic acids is 2. The van der Waals surface area contributed by atoms with Crippen molar-refractivity contribution in [2.75, 3.05) is 11.5 Å². The highest BCUT2D eigenvalue weighted by Gasteiger charge is 2.47. The van der Waals surface area contributed by atoms with Gasteiger partial charge in [-0.15, -0.1) is 0 Å². The quantitative estimate of drug-likeness (QED) is 0.142. The average Bonchev–Trinajstić information content (AvgIpc) is 3.23. The zero-order chi connectivity index (χ0) is 30.0. The molecule has 0 saturated carbocycles. The van der Waals surface area contributed by atoms with Gasteiger partial charge in [-0.25, -0.2) is 0 Å². The molecule has 214 valence electrons. The third-order valence-electron chi connectivity index (χ3n) is 7.15. The van der Waals surface area contributed by atoms with Gasteiger partial charge in [0.05, 0.1) is 18.2 Å². The molecule has 1 fully saturated rings. The number of amides is 1. The number of ether oxygens (including phenoxy) is 2. The van der Waals surface area contributed by atoms with E-state index in [2.05, 4.69) is 25.8 Å². The third kappa shape index (κ3) is 5.63. The Bertz CT molecular complexity index is 1650. The summed E-state index contributed by atoms with van der Waals surface area (Å²) < 4.78 is 11.8. The summed E-state index contributed by atoms with van der Waals surface area (Å²) in [5.41, 5.74) is 3.17. The number of anilines is 1. The summed E-state index contributed by atoms with van der Waals surface area (Å²) in [4.78, 5) is 32.8. The standard InChI is InChI=1S/C35H34N2O5/c1-6-41-29-17-12-23(20-28(29)35(3,4)5)32(38)30-31(24-10-8-18-36-21-24)37(34(40)33(30)39)25-13-15-26(16-14-25)42-27-11-7-9-22(2)19-27/h7-21,31,38H,6H2,1-5H3/b32-30-. The van der Waals surface area contributed by atoms with Crippen LogP contribution in [0.4, 0.5) is 5.69 Å². The SMILES string of the molecule is CCOc1ccc(/C(O)=C2/C(=O)C(=O)N(c3ccc(Oc4cccc(C)c4)cc3)C2c2cccnc2)cc1C(C)(C)C. The van der Waals surface area contributed by atoms with Crippen molar-refractivity contribution in [3.63, 3.8) is 0 Å². The highest BCUT2D eigenvalue weighted by atomic mass is 16.5. The van der Waals surface area contributed by atoms with Crippen LogP contribution in [0.15, 0.2) is 96.8 Å². The first kappa shape index (κ1) is 28.6. The number of carbonyl (C=O) groups is 2. The lowest BCUT2D eigenvalue weighted by Gasteiger charge is -2.26. The number of aliphatic hydroxyl groups is 1. The first-order chi connectivity index (χ1) is 20.1. The molecular weight excluding hydrogens is 528 g/mol. The Morgan fingerprint density at radius 2 is 1.71 bits per heavy atom. The van der Waals surface area contributed by atoms with Crippen LogP contribution in [0.2, 0.25) is 0 Å². The van der Waals surface area contributed by atoms with Crippen LogP contribution in [-0.4, -0.2) is 28.4 Å².